The van der Waals surface area contributed by atoms with Gasteiger partial charge in [-0.05, 0) is 83.9 Å². The van der Waals surface area contributed by atoms with Gasteiger partial charge in [-0.25, -0.2) is 0 Å². The summed E-state index contributed by atoms with van der Waals surface area (Å²) in [5, 5.41) is 23.8. The van der Waals surface area contributed by atoms with Crippen molar-refractivity contribution < 1.29 is 18.9 Å². The van der Waals surface area contributed by atoms with E-state index in [1.165, 1.54) is 0 Å². The first-order valence-electron chi connectivity index (χ1n) is 17.7. The molecule has 55 heavy (non-hydrogen) atoms. The molecule has 0 unspecified atom stereocenters. The number of ether oxygens (including phenoxy) is 4. The number of aromatic nitrogens is 2. The van der Waals surface area contributed by atoms with Gasteiger partial charge in [0, 0.05) is 57.0 Å². The zero-order chi connectivity index (χ0) is 37.8. The minimum absolute atomic E-state index is 0.561. The number of methoxy groups -OCH3 is 4. The molecule has 2 aromatic heterocycles. The number of nitrogens with zero attached hydrogens (tertiary/aromatic N) is 4. The van der Waals surface area contributed by atoms with Crippen LogP contribution in [0.5, 0.6) is 23.0 Å². The van der Waals surface area contributed by atoms with Crippen LogP contribution in [0.1, 0.15) is 22.3 Å². The zero-order valence-electron chi connectivity index (χ0n) is 30.6. The van der Waals surface area contributed by atoms with E-state index in [1.807, 2.05) is 72.8 Å². The van der Waals surface area contributed by atoms with Gasteiger partial charge in [-0.2, -0.15) is 10.5 Å². The van der Waals surface area contributed by atoms with Crippen molar-refractivity contribution in [1.29, 1.82) is 10.5 Å². The zero-order valence-corrected chi connectivity index (χ0v) is 30.6. The smallest absolute Gasteiger partial charge is 0.176 e. The molecule has 0 aliphatic heterocycles. The number of hydrogen-bond acceptors (Lipinski definition) is 6. The predicted octanol–water partition coefficient (Wildman–Crippen LogP) is 10.1. The summed E-state index contributed by atoms with van der Waals surface area (Å²) in [5.74, 6) is 2.81. The summed E-state index contributed by atoms with van der Waals surface area (Å²) < 4.78 is 28.4. The van der Waals surface area contributed by atoms with Crippen LogP contribution in [0, 0.1) is 22.7 Å². The Balaban J connectivity index is 1.58. The molecule has 8 aromatic rings. The summed E-state index contributed by atoms with van der Waals surface area (Å²) in [7, 11) is 6.72. The molecule has 0 bridgehead atoms. The van der Waals surface area contributed by atoms with Gasteiger partial charge in [0.15, 0.2) is 5.66 Å². The highest BCUT2D eigenvalue weighted by Gasteiger charge is 2.49. The molecule has 1 aliphatic rings. The van der Waals surface area contributed by atoms with Gasteiger partial charge in [0.2, 0.25) is 0 Å². The SMILES string of the molecule is COc1ccc2c3ccc(OC)cc3n(C3(n4c5cc(OC)ccc5c5ccc(OC)cc54)C(c4ccc(C#N)cc4)=CC=C3c3ccc(C#N)cc3)c2c1. The van der Waals surface area contributed by atoms with Crippen molar-refractivity contribution in [3.63, 3.8) is 0 Å². The number of rotatable bonds is 8. The maximum Gasteiger partial charge on any atom is 0.176 e. The van der Waals surface area contributed by atoms with E-state index in [9.17, 15) is 10.5 Å². The molecule has 0 atom stereocenters. The van der Waals surface area contributed by atoms with E-state index in [2.05, 4.69) is 82.0 Å². The molecule has 0 N–H and O–H groups in total. The monoisotopic (exact) mass is 718 g/mol. The third kappa shape index (κ3) is 4.89. The second kappa shape index (κ2) is 12.9. The molecule has 8 heteroatoms. The molecule has 9 rings (SSSR count). The molecule has 266 valence electrons. The summed E-state index contributed by atoms with van der Waals surface area (Å²) >= 11 is 0. The Bertz CT molecular complexity index is 2660. The van der Waals surface area contributed by atoms with Crippen LogP contribution < -0.4 is 18.9 Å². The van der Waals surface area contributed by atoms with Crippen LogP contribution in [0.15, 0.2) is 133 Å². The predicted molar refractivity (Wildman–Crippen MR) is 217 cm³/mol. The van der Waals surface area contributed by atoms with E-state index in [-0.39, 0.29) is 0 Å². The second-order valence-corrected chi connectivity index (χ2v) is 13.4. The first kappa shape index (κ1) is 33.4. The summed E-state index contributed by atoms with van der Waals surface area (Å²) in [6, 6.07) is 44.8. The first-order chi connectivity index (χ1) is 27.0. The van der Waals surface area contributed by atoms with Crippen molar-refractivity contribution in [2.75, 3.05) is 28.4 Å². The lowest BCUT2D eigenvalue weighted by Crippen LogP contribution is -2.42. The molecule has 0 spiro atoms. The van der Waals surface area contributed by atoms with Crippen molar-refractivity contribution in [3.8, 4) is 35.1 Å². The number of benzene rings is 6. The minimum atomic E-state index is -1.18. The lowest BCUT2D eigenvalue weighted by atomic mass is 9.84. The summed E-state index contributed by atoms with van der Waals surface area (Å²) in [6.07, 6.45) is 4.34. The molecular formula is C47H34N4O4. The topological polar surface area (TPSA) is 94.4 Å². The molecule has 2 heterocycles. The van der Waals surface area contributed by atoms with Gasteiger partial charge in [0.25, 0.3) is 0 Å². The molecule has 8 nitrogen and oxygen atoms in total. The minimum Gasteiger partial charge on any atom is -0.497 e. The van der Waals surface area contributed by atoms with Gasteiger partial charge in [-0.3, -0.25) is 0 Å². The summed E-state index contributed by atoms with van der Waals surface area (Å²) in [4.78, 5) is 0. The molecule has 0 amide bonds. The molecule has 0 saturated carbocycles. The van der Waals surface area contributed by atoms with E-state index in [0.717, 1.165) is 65.9 Å². The molecule has 0 radical (unpaired) electrons. The Morgan fingerprint density at radius 2 is 0.709 bits per heavy atom. The van der Waals surface area contributed by atoms with Crippen molar-refractivity contribution in [2.45, 2.75) is 5.66 Å². The van der Waals surface area contributed by atoms with Crippen LogP contribution in [-0.4, -0.2) is 37.6 Å². The van der Waals surface area contributed by atoms with Gasteiger partial charge < -0.3 is 28.1 Å². The van der Waals surface area contributed by atoms with Crippen LogP contribution in [-0.2, 0) is 5.66 Å². The van der Waals surface area contributed by atoms with Gasteiger partial charge in [0.05, 0.1) is 73.8 Å². The normalized spacial score (nSPS) is 13.4. The van der Waals surface area contributed by atoms with E-state index in [4.69, 9.17) is 18.9 Å². The third-order valence-corrected chi connectivity index (χ3v) is 10.8. The molecular weight excluding hydrogens is 685 g/mol. The Kier molecular flexibility index (Phi) is 7.84. The fourth-order valence-electron chi connectivity index (χ4n) is 8.33. The number of nitriles is 2. The highest BCUT2D eigenvalue weighted by atomic mass is 16.5. The number of hydrogen-bond donors (Lipinski definition) is 0. The second-order valence-electron chi connectivity index (χ2n) is 13.4. The molecule has 0 saturated heterocycles. The van der Waals surface area contributed by atoms with Crippen molar-refractivity contribution in [1.82, 2.24) is 9.13 Å². The van der Waals surface area contributed by atoms with Crippen molar-refractivity contribution >= 4 is 54.8 Å². The molecule has 6 aromatic carbocycles. The Morgan fingerprint density at radius 1 is 0.418 bits per heavy atom. The van der Waals surface area contributed by atoms with Crippen molar-refractivity contribution in [2.24, 2.45) is 0 Å². The summed E-state index contributed by atoms with van der Waals surface area (Å²) in [6.45, 7) is 0. The average Bonchev–Trinajstić information content (AvgIpc) is 3.90. The third-order valence-electron chi connectivity index (χ3n) is 10.8. The number of fused-ring (bicyclic) bond motifs is 6. The maximum absolute atomic E-state index is 9.85. The Labute approximate surface area is 317 Å². The van der Waals surface area contributed by atoms with Crippen molar-refractivity contribution in [3.05, 3.63) is 156 Å². The lowest BCUT2D eigenvalue weighted by molar-refractivity contribution is 0.412. The Morgan fingerprint density at radius 3 is 0.964 bits per heavy atom. The van der Waals surface area contributed by atoms with Crippen LogP contribution in [0.2, 0.25) is 0 Å². The van der Waals surface area contributed by atoms with Gasteiger partial charge in [-0.1, -0.05) is 36.4 Å². The van der Waals surface area contributed by atoms with Gasteiger partial charge in [-0.15, -0.1) is 0 Å². The molecule has 0 fully saturated rings. The Hall–Kier alpha value is -7.42. The maximum atomic E-state index is 9.85. The lowest BCUT2D eigenvalue weighted by Gasteiger charge is -2.42. The van der Waals surface area contributed by atoms with Crippen LogP contribution >= 0.6 is 0 Å². The van der Waals surface area contributed by atoms with Crippen LogP contribution in [0.3, 0.4) is 0 Å². The largest absolute Gasteiger partial charge is 0.497 e. The highest BCUT2D eigenvalue weighted by Crippen LogP contribution is 2.56. The van der Waals surface area contributed by atoms with Gasteiger partial charge in [0.1, 0.15) is 23.0 Å². The van der Waals surface area contributed by atoms with E-state index in [1.54, 1.807) is 28.4 Å². The van der Waals surface area contributed by atoms with Crippen LogP contribution in [0.25, 0.3) is 54.8 Å². The summed E-state index contributed by atoms with van der Waals surface area (Å²) in [5.41, 5.74) is 7.36. The standard InChI is InChI=1S/C47H34N4O4/c1-52-33-13-17-37-38-18-14-34(53-2)24-44(38)50(43(37)23-33)47(51-45-25-35(54-3)15-19-39(45)40-20-16-36(55-4)26-46(40)51)41(31-9-5-29(27-48)6-10-31)21-22-42(47)32-11-7-30(28-49)8-12-32/h5-26H,1-4H3. The first-order valence-corrected chi connectivity index (χ1v) is 17.7. The quantitative estimate of drug-likeness (QED) is 0.155. The fraction of sp³-hybridized carbons (Fsp3) is 0.106. The van der Waals surface area contributed by atoms with E-state index in [0.29, 0.717) is 34.1 Å². The van der Waals surface area contributed by atoms with E-state index >= 15 is 0 Å². The van der Waals surface area contributed by atoms with Crippen LogP contribution in [0.4, 0.5) is 0 Å². The fourth-order valence-corrected chi connectivity index (χ4v) is 8.33. The number of allylic oxidation sites excluding steroid dienone is 4. The van der Waals surface area contributed by atoms with Gasteiger partial charge >= 0.3 is 0 Å². The molecule has 1 aliphatic carbocycles. The van der Waals surface area contributed by atoms with E-state index < -0.39 is 5.66 Å². The highest BCUT2D eigenvalue weighted by molar-refractivity contribution is 6.14. The average molecular weight is 719 g/mol.